The number of nitrogens with zero attached hydrogens (tertiary/aromatic N) is 2. The molecule has 0 spiro atoms. The highest BCUT2D eigenvalue weighted by Crippen LogP contribution is 2.11. The molecule has 0 amide bonds. The highest BCUT2D eigenvalue weighted by atomic mass is 32.2. The van der Waals surface area contributed by atoms with E-state index in [1.165, 1.54) is 11.8 Å². The third-order valence-corrected chi connectivity index (χ3v) is 3.15. The van der Waals surface area contributed by atoms with Crippen LogP contribution in [0.15, 0.2) is 49.1 Å². The van der Waals surface area contributed by atoms with E-state index in [2.05, 4.69) is 4.98 Å². The molecule has 0 aliphatic carbocycles. The number of hydrogen-bond acceptors (Lipinski definition) is 3. The second kappa shape index (κ2) is 6.21. The number of benzene rings is 1. The first kappa shape index (κ1) is 12.6. The summed E-state index contributed by atoms with van der Waals surface area (Å²) < 4.78 is 1.96. The molecule has 2 aromatic rings. The van der Waals surface area contributed by atoms with Gasteiger partial charge in [-0.25, -0.2) is 4.98 Å². The lowest BCUT2D eigenvalue weighted by atomic mass is 10.2. The standard InChI is InChI=1S/C14H14N2OS/c1-12(17)18-10-2-3-13-4-6-14(7-5-13)16-9-8-15-11-16/h2-9,11H,10H2,1H3. The first-order valence-corrected chi connectivity index (χ1v) is 6.62. The van der Waals surface area contributed by atoms with E-state index in [4.69, 9.17) is 0 Å². The van der Waals surface area contributed by atoms with Crippen LogP contribution >= 0.6 is 11.8 Å². The largest absolute Gasteiger partial charge is 0.306 e. The Hall–Kier alpha value is -1.81. The molecular formula is C14H14N2OS. The Morgan fingerprint density at radius 3 is 2.78 bits per heavy atom. The topological polar surface area (TPSA) is 34.9 Å². The molecule has 1 heterocycles. The molecule has 4 heteroatoms. The number of carbonyl (C=O) groups excluding carboxylic acids is 1. The quantitative estimate of drug-likeness (QED) is 0.845. The summed E-state index contributed by atoms with van der Waals surface area (Å²) in [6, 6.07) is 8.17. The van der Waals surface area contributed by atoms with E-state index >= 15 is 0 Å². The van der Waals surface area contributed by atoms with Crippen molar-refractivity contribution in [3.05, 3.63) is 54.6 Å². The van der Waals surface area contributed by atoms with Crippen molar-refractivity contribution in [2.45, 2.75) is 6.92 Å². The molecular weight excluding hydrogens is 244 g/mol. The Kier molecular flexibility index (Phi) is 4.36. The van der Waals surface area contributed by atoms with Gasteiger partial charge < -0.3 is 4.57 Å². The molecule has 0 saturated carbocycles. The van der Waals surface area contributed by atoms with Gasteiger partial charge in [0.15, 0.2) is 5.12 Å². The van der Waals surface area contributed by atoms with Crippen LogP contribution in [0.25, 0.3) is 11.8 Å². The van der Waals surface area contributed by atoms with Gasteiger partial charge in [0.2, 0.25) is 0 Å². The maximum absolute atomic E-state index is 10.8. The Morgan fingerprint density at radius 2 is 2.17 bits per heavy atom. The molecule has 0 radical (unpaired) electrons. The molecule has 92 valence electrons. The van der Waals surface area contributed by atoms with Crippen molar-refractivity contribution in [1.29, 1.82) is 0 Å². The average Bonchev–Trinajstić information content (AvgIpc) is 2.89. The molecule has 18 heavy (non-hydrogen) atoms. The molecule has 0 saturated heterocycles. The molecule has 1 aromatic carbocycles. The molecule has 0 unspecified atom stereocenters. The van der Waals surface area contributed by atoms with E-state index < -0.39 is 0 Å². The molecule has 0 N–H and O–H groups in total. The van der Waals surface area contributed by atoms with Crippen molar-refractivity contribution < 1.29 is 4.79 Å². The van der Waals surface area contributed by atoms with Gasteiger partial charge >= 0.3 is 0 Å². The van der Waals surface area contributed by atoms with Gasteiger partial charge in [0.05, 0.1) is 6.33 Å². The molecule has 0 fully saturated rings. The van der Waals surface area contributed by atoms with E-state index in [0.29, 0.717) is 0 Å². The van der Waals surface area contributed by atoms with Gasteiger partial charge in [-0.05, 0) is 17.7 Å². The van der Waals surface area contributed by atoms with Crippen molar-refractivity contribution in [1.82, 2.24) is 9.55 Å². The number of rotatable bonds is 4. The first-order valence-electron chi connectivity index (χ1n) is 5.64. The summed E-state index contributed by atoms with van der Waals surface area (Å²) in [4.78, 5) is 14.8. The van der Waals surface area contributed by atoms with E-state index in [1.807, 2.05) is 47.2 Å². The van der Waals surface area contributed by atoms with Gasteiger partial charge in [0, 0.05) is 30.8 Å². The van der Waals surface area contributed by atoms with E-state index in [9.17, 15) is 4.79 Å². The van der Waals surface area contributed by atoms with E-state index in [1.54, 1.807) is 19.4 Å². The van der Waals surface area contributed by atoms with Crippen LogP contribution in [-0.4, -0.2) is 20.4 Å². The zero-order valence-electron chi connectivity index (χ0n) is 10.1. The monoisotopic (exact) mass is 258 g/mol. The second-order valence-electron chi connectivity index (χ2n) is 3.77. The summed E-state index contributed by atoms with van der Waals surface area (Å²) in [5.74, 6) is 0.721. The number of carbonyl (C=O) groups is 1. The van der Waals surface area contributed by atoms with Crippen LogP contribution in [0.2, 0.25) is 0 Å². The van der Waals surface area contributed by atoms with Gasteiger partial charge in [-0.3, -0.25) is 4.79 Å². The van der Waals surface area contributed by atoms with Crippen LogP contribution < -0.4 is 0 Å². The van der Waals surface area contributed by atoms with Gasteiger partial charge in [0.1, 0.15) is 0 Å². The van der Waals surface area contributed by atoms with Crippen molar-refractivity contribution in [2.24, 2.45) is 0 Å². The van der Waals surface area contributed by atoms with Crippen LogP contribution in [0, 0.1) is 0 Å². The van der Waals surface area contributed by atoms with Crippen LogP contribution in [0.4, 0.5) is 0 Å². The maximum Gasteiger partial charge on any atom is 0.186 e. The van der Waals surface area contributed by atoms with Crippen molar-refractivity contribution in [3.63, 3.8) is 0 Å². The van der Waals surface area contributed by atoms with Crippen molar-refractivity contribution in [2.75, 3.05) is 5.75 Å². The molecule has 0 bridgehead atoms. The molecule has 1 aromatic heterocycles. The summed E-state index contributed by atoms with van der Waals surface area (Å²) in [5.41, 5.74) is 2.21. The van der Waals surface area contributed by atoms with E-state index in [0.717, 1.165) is 17.0 Å². The van der Waals surface area contributed by atoms with Crippen LogP contribution in [0.5, 0.6) is 0 Å². The lowest BCUT2D eigenvalue weighted by Crippen LogP contribution is -1.88. The minimum absolute atomic E-state index is 0.148. The number of hydrogen-bond donors (Lipinski definition) is 0. The first-order chi connectivity index (χ1) is 8.75. The summed E-state index contributed by atoms with van der Waals surface area (Å²) in [6.45, 7) is 1.58. The summed E-state index contributed by atoms with van der Waals surface area (Å²) >= 11 is 1.31. The van der Waals surface area contributed by atoms with Crippen LogP contribution in [0.1, 0.15) is 12.5 Å². The second-order valence-corrected chi connectivity index (χ2v) is 4.96. The Morgan fingerprint density at radius 1 is 1.39 bits per heavy atom. The Labute approximate surface area is 111 Å². The molecule has 0 atom stereocenters. The molecule has 3 nitrogen and oxygen atoms in total. The van der Waals surface area contributed by atoms with Crippen LogP contribution in [0.3, 0.4) is 0 Å². The summed E-state index contributed by atoms with van der Waals surface area (Å²) in [6.07, 6.45) is 9.46. The van der Waals surface area contributed by atoms with Gasteiger partial charge in [-0.1, -0.05) is 36.0 Å². The fourth-order valence-electron chi connectivity index (χ4n) is 1.52. The maximum atomic E-state index is 10.8. The Bertz CT molecular complexity index is 529. The predicted octanol–water partition coefficient (Wildman–Crippen LogP) is 3.17. The highest BCUT2D eigenvalue weighted by molar-refractivity contribution is 8.13. The lowest BCUT2D eigenvalue weighted by molar-refractivity contribution is -0.109. The third kappa shape index (κ3) is 3.60. The van der Waals surface area contributed by atoms with Gasteiger partial charge in [0.25, 0.3) is 0 Å². The molecule has 0 aliphatic heterocycles. The summed E-state index contributed by atoms with van der Waals surface area (Å²) in [7, 11) is 0. The zero-order chi connectivity index (χ0) is 12.8. The zero-order valence-corrected chi connectivity index (χ0v) is 10.9. The molecule has 0 aliphatic rings. The van der Waals surface area contributed by atoms with Gasteiger partial charge in [-0.2, -0.15) is 0 Å². The lowest BCUT2D eigenvalue weighted by Gasteiger charge is -2.01. The minimum Gasteiger partial charge on any atom is -0.306 e. The summed E-state index contributed by atoms with van der Waals surface area (Å²) in [5, 5.41) is 0.148. The van der Waals surface area contributed by atoms with Crippen LogP contribution in [-0.2, 0) is 4.79 Å². The van der Waals surface area contributed by atoms with Crippen molar-refractivity contribution >= 4 is 23.0 Å². The Balaban J connectivity index is 1.98. The third-order valence-electron chi connectivity index (χ3n) is 2.39. The minimum atomic E-state index is 0.148. The molecule has 2 rings (SSSR count). The highest BCUT2D eigenvalue weighted by Gasteiger charge is 1.94. The SMILES string of the molecule is CC(=O)SCC=Cc1ccc(-n2ccnc2)cc1. The normalized spacial score (nSPS) is 10.9. The predicted molar refractivity (Wildman–Crippen MR) is 75.7 cm³/mol. The number of imidazole rings is 1. The fourth-order valence-corrected chi connectivity index (χ4v) is 1.95. The number of aromatic nitrogens is 2. The fraction of sp³-hybridized carbons (Fsp3) is 0.143. The van der Waals surface area contributed by atoms with Crippen molar-refractivity contribution in [3.8, 4) is 5.69 Å². The smallest absolute Gasteiger partial charge is 0.186 e. The average molecular weight is 258 g/mol. The van der Waals surface area contributed by atoms with Gasteiger partial charge in [-0.15, -0.1) is 0 Å². The van der Waals surface area contributed by atoms with E-state index in [-0.39, 0.29) is 5.12 Å². The number of thioether (sulfide) groups is 1.